The van der Waals surface area contributed by atoms with Gasteiger partial charge in [-0.2, -0.15) is 0 Å². The van der Waals surface area contributed by atoms with Gasteiger partial charge in [0.1, 0.15) is 13.2 Å². The van der Waals surface area contributed by atoms with E-state index in [0.29, 0.717) is 17.4 Å². The van der Waals surface area contributed by atoms with Crippen LogP contribution in [-0.4, -0.2) is 68.5 Å². The number of unbranched alkanes of at least 4 members (excludes halogenated alkanes) is 17. The summed E-state index contributed by atoms with van der Waals surface area (Å²) in [6.07, 6.45) is 63.7. The average molecular weight is 899 g/mol. The van der Waals surface area contributed by atoms with Crippen molar-refractivity contribution in [2.24, 2.45) is 0 Å². The molecule has 0 aromatic heterocycles. The Kier molecular flexibility index (Phi) is 42.8. The largest absolute Gasteiger partial charge is 0.756 e. The maximum Gasteiger partial charge on any atom is 0.268 e. The van der Waals surface area contributed by atoms with Gasteiger partial charge in [0.05, 0.1) is 39.9 Å². The van der Waals surface area contributed by atoms with Gasteiger partial charge in [0.25, 0.3) is 7.82 Å². The van der Waals surface area contributed by atoms with Crippen molar-refractivity contribution in [3.05, 3.63) is 97.2 Å². The summed E-state index contributed by atoms with van der Waals surface area (Å²) < 4.78 is 23.1. The molecule has 0 bridgehead atoms. The van der Waals surface area contributed by atoms with Crippen molar-refractivity contribution in [1.82, 2.24) is 5.32 Å². The molecule has 9 heteroatoms. The van der Waals surface area contributed by atoms with Gasteiger partial charge >= 0.3 is 0 Å². The molecule has 0 aliphatic carbocycles. The third-order valence-electron chi connectivity index (χ3n) is 10.5. The number of aliphatic hydroxyl groups is 1. The molecule has 1 amide bonds. The highest BCUT2D eigenvalue weighted by atomic mass is 31.2. The van der Waals surface area contributed by atoms with E-state index in [1.807, 2.05) is 27.2 Å². The molecular weight excluding hydrogens is 804 g/mol. The lowest BCUT2D eigenvalue weighted by Gasteiger charge is -2.29. The first-order valence-corrected chi connectivity index (χ1v) is 26.6. The molecular formula is C54H95N2O6P. The smallest absolute Gasteiger partial charge is 0.268 e. The molecule has 0 spiro atoms. The van der Waals surface area contributed by atoms with E-state index in [1.54, 1.807) is 6.08 Å². The maximum atomic E-state index is 12.8. The summed E-state index contributed by atoms with van der Waals surface area (Å²) in [6.45, 7) is 4.42. The third-order valence-corrected chi connectivity index (χ3v) is 11.5. The summed E-state index contributed by atoms with van der Waals surface area (Å²) >= 11 is 0. The second-order valence-electron chi connectivity index (χ2n) is 17.8. The van der Waals surface area contributed by atoms with E-state index < -0.39 is 20.0 Å². The number of carbonyl (C=O) groups excluding carboxylic acids is 1. The summed E-state index contributed by atoms with van der Waals surface area (Å²) in [7, 11) is 1.24. The van der Waals surface area contributed by atoms with Crippen LogP contribution >= 0.6 is 7.82 Å². The first-order valence-electron chi connectivity index (χ1n) is 25.1. The number of nitrogens with one attached hydrogen (secondary N) is 1. The molecule has 362 valence electrons. The van der Waals surface area contributed by atoms with Gasteiger partial charge in [-0.1, -0.05) is 201 Å². The van der Waals surface area contributed by atoms with Crippen LogP contribution in [0.3, 0.4) is 0 Å². The van der Waals surface area contributed by atoms with Gasteiger partial charge < -0.3 is 28.8 Å². The topological polar surface area (TPSA) is 108 Å². The second kappa shape index (κ2) is 44.6. The van der Waals surface area contributed by atoms with Crippen LogP contribution in [0.1, 0.15) is 187 Å². The lowest BCUT2D eigenvalue weighted by atomic mass is 10.0. The molecule has 0 fully saturated rings. The molecule has 0 aromatic rings. The molecule has 8 nitrogen and oxygen atoms in total. The van der Waals surface area contributed by atoms with E-state index in [1.165, 1.54) is 77.0 Å². The molecule has 0 aliphatic rings. The number of likely N-dealkylation sites (N-methyl/N-ethyl adjacent to an activating group) is 1. The number of phosphoric acid groups is 1. The molecule has 0 aliphatic heterocycles. The number of rotatable bonds is 44. The summed E-state index contributed by atoms with van der Waals surface area (Å²) in [5.41, 5.74) is 0. The van der Waals surface area contributed by atoms with Crippen LogP contribution in [0.2, 0.25) is 0 Å². The van der Waals surface area contributed by atoms with Gasteiger partial charge in [0.15, 0.2) is 0 Å². The summed E-state index contributed by atoms with van der Waals surface area (Å²) in [5, 5.41) is 13.6. The van der Waals surface area contributed by atoms with Gasteiger partial charge in [-0.05, 0) is 77.0 Å². The minimum atomic E-state index is -4.58. The van der Waals surface area contributed by atoms with Crippen LogP contribution in [0, 0.1) is 0 Å². The number of hydrogen-bond donors (Lipinski definition) is 2. The van der Waals surface area contributed by atoms with Crippen molar-refractivity contribution in [3.63, 3.8) is 0 Å². The molecule has 0 rings (SSSR count). The van der Waals surface area contributed by atoms with Gasteiger partial charge in [-0.25, -0.2) is 0 Å². The van der Waals surface area contributed by atoms with Gasteiger partial charge in [-0.3, -0.25) is 9.36 Å². The lowest BCUT2D eigenvalue weighted by Crippen LogP contribution is -2.45. The number of phosphoric ester groups is 1. The SMILES string of the molecule is CC/C=C\C/C=C\C/C=C\C/C=C\C/C=C\C/C=C\C/C=C\CCCCCCCCCCCCCCCC(=O)NC(COP(=O)([O-])OCC[N+](C)(C)C)C(O)/C=C/CCCCCC. The van der Waals surface area contributed by atoms with Crippen molar-refractivity contribution in [1.29, 1.82) is 0 Å². The normalized spacial score (nSPS) is 15.0. The third kappa shape index (κ3) is 47.2. The minimum absolute atomic E-state index is 0.00564. The van der Waals surface area contributed by atoms with Crippen LogP contribution in [0.25, 0.3) is 0 Å². The fraction of sp³-hybridized carbons (Fsp3) is 0.685. The van der Waals surface area contributed by atoms with Crippen LogP contribution < -0.4 is 10.2 Å². The number of hydrogen-bond acceptors (Lipinski definition) is 6. The fourth-order valence-corrected chi connectivity index (χ4v) is 7.32. The zero-order chi connectivity index (χ0) is 46.4. The molecule has 0 aromatic carbocycles. The van der Waals surface area contributed by atoms with Crippen molar-refractivity contribution >= 4 is 13.7 Å². The molecule has 2 N–H and O–H groups in total. The quantitative estimate of drug-likeness (QED) is 0.0273. The monoisotopic (exact) mass is 899 g/mol. The van der Waals surface area contributed by atoms with E-state index in [9.17, 15) is 19.4 Å². The van der Waals surface area contributed by atoms with E-state index in [-0.39, 0.29) is 19.1 Å². The highest BCUT2D eigenvalue weighted by Crippen LogP contribution is 2.38. The maximum absolute atomic E-state index is 12.8. The van der Waals surface area contributed by atoms with Crippen molar-refractivity contribution < 1.29 is 32.9 Å². The Hall–Kier alpha value is -2.58. The standard InChI is InChI=1S/C54H95N2O6P/c1-6-8-10-12-14-15-16-17-18-19-20-21-22-23-24-25-26-27-28-29-30-31-32-33-34-35-36-37-38-39-40-41-42-44-46-48-54(58)55-52(53(57)47-45-43-13-11-9-7-2)51-62-63(59,60)61-50-49-56(3,4)5/h8,10,14-15,17-18,20-21,23-24,26-27,29-30,45,47,52-53,57H,6-7,9,11-13,16,19,22,25,28,31-44,46,48-51H2,1-5H3,(H-,55,58,59,60)/b10-8-,15-14-,18-17-,21-20-,24-23-,27-26-,30-29-,47-45+. The Bertz CT molecular complexity index is 1340. The van der Waals surface area contributed by atoms with Crippen LogP contribution in [0.4, 0.5) is 0 Å². The summed E-state index contributed by atoms with van der Waals surface area (Å²) in [6, 6.07) is -0.888. The number of carbonyl (C=O) groups is 1. The highest BCUT2D eigenvalue weighted by Gasteiger charge is 2.23. The van der Waals surface area contributed by atoms with Crippen molar-refractivity contribution in [3.8, 4) is 0 Å². The van der Waals surface area contributed by atoms with Gasteiger partial charge in [-0.15, -0.1) is 0 Å². The highest BCUT2D eigenvalue weighted by molar-refractivity contribution is 7.45. The Balaban J connectivity index is 3.94. The number of allylic oxidation sites excluding steroid dienone is 15. The predicted octanol–water partition coefficient (Wildman–Crippen LogP) is 14.1. The number of amides is 1. The molecule has 63 heavy (non-hydrogen) atoms. The summed E-state index contributed by atoms with van der Waals surface area (Å²) in [4.78, 5) is 25.2. The first-order chi connectivity index (χ1) is 30.5. The summed E-state index contributed by atoms with van der Waals surface area (Å²) in [5.74, 6) is -0.209. The van der Waals surface area contributed by atoms with E-state index in [0.717, 1.165) is 89.9 Å². The number of aliphatic hydroxyl groups excluding tert-OH is 1. The predicted molar refractivity (Wildman–Crippen MR) is 269 cm³/mol. The Labute approximate surface area is 388 Å². The van der Waals surface area contributed by atoms with Crippen LogP contribution in [0.5, 0.6) is 0 Å². The lowest BCUT2D eigenvalue weighted by molar-refractivity contribution is -0.870. The molecule has 3 unspecified atom stereocenters. The number of nitrogens with zero attached hydrogens (tertiary/aromatic N) is 1. The average Bonchev–Trinajstić information content (AvgIpc) is 3.24. The first kappa shape index (κ1) is 60.4. The Morgan fingerprint density at radius 2 is 0.968 bits per heavy atom. The van der Waals surface area contributed by atoms with E-state index >= 15 is 0 Å². The second-order valence-corrected chi connectivity index (χ2v) is 19.2. The number of quaternary nitrogens is 1. The molecule has 0 saturated carbocycles. The zero-order valence-electron chi connectivity index (χ0n) is 41.0. The Morgan fingerprint density at radius 1 is 0.571 bits per heavy atom. The molecule has 0 heterocycles. The van der Waals surface area contributed by atoms with E-state index in [4.69, 9.17) is 9.05 Å². The molecule has 3 atom stereocenters. The van der Waals surface area contributed by atoms with Gasteiger partial charge in [0, 0.05) is 6.42 Å². The zero-order valence-corrected chi connectivity index (χ0v) is 41.9. The van der Waals surface area contributed by atoms with Crippen LogP contribution in [0.15, 0.2) is 97.2 Å². The van der Waals surface area contributed by atoms with Crippen LogP contribution in [-0.2, 0) is 18.4 Å². The Morgan fingerprint density at radius 3 is 1.41 bits per heavy atom. The minimum Gasteiger partial charge on any atom is -0.756 e. The van der Waals surface area contributed by atoms with Crippen molar-refractivity contribution in [2.45, 2.75) is 199 Å². The van der Waals surface area contributed by atoms with Crippen molar-refractivity contribution in [2.75, 3.05) is 40.9 Å². The fourth-order valence-electron chi connectivity index (χ4n) is 6.60. The molecule has 0 radical (unpaired) electrons. The molecule has 0 saturated heterocycles. The van der Waals surface area contributed by atoms with E-state index in [2.05, 4.69) is 104 Å². The van der Waals surface area contributed by atoms with Gasteiger partial charge in [0.2, 0.25) is 5.91 Å².